The predicted molar refractivity (Wildman–Crippen MR) is 92.5 cm³/mol. The monoisotopic (exact) mass is 317 g/mol. The van der Waals surface area contributed by atoms with E-state index in [-0.39, 0.29) is 5.91 Å². The summed E-state index contributed by atoms with van der Waals surface area (Å²) in [6, 6.07) is 13.7. The summed E-state index contributed by atoms with van der Waals surface area (Å²) >= 11 is 0. The van der Waals surface area contributed by atoms with Crippen molar-refractivity contribution in [1.29, 1.82) is 0 Å². The lowest BCUT2D eigenvalue weighted by atomic mass is 10.1. The lowest BCUT2D eigenvalue weighted by Crippen LogP contribution is -2.24. The van der Waals surface area contributed by atoms with Crippen LogP contribution >= 0.6 is 0 Å². The summed E-state index contributed by atoms with van der Waals surface area (Å²) in [5.74, 6) is 1.49. The third-order valence-corrected chi connectivity index (χ3v) is 4.49. The van der Waals surface area contributed by atoms with E-state index in [9.17, 15) is 4.79 Å². The van der Waals surface area contributed by atoms with Gasteiger partial charge >= 0.3 is 0 Å². The fourth-order valence-corrected chi connectivity index (χ4v) is 3.29. The Hall–Kier alpha value is -3.15. The molecule has 0 unspecified atom stereocenters. The smallest absolute Gasteiger partial charge is 0.261 e. The van der Waals surface area contributed by atoms with E-state index in [0.29, 0.717) is 12.5 Å². The summed E-state index contributed by atoms with van der Waals surface area (Å²) in [6.07, 6.45) is 0. The van der Waals surface area contributed by atoms with Crippen LogP contribution < -0.4 is 10.2 Å². The lowest BCUT2D eigenvalue weighted by molar-refractivity contribution is 0.0995. The molecule has 0 radical (unpaired) electrons. The van der Waals surface area contributed by atoms with Crippen molar-refractivity contribution in [3.8, 4) is 0 Å². The van der Waals surface area contributed by atoms with E-state index in [1.165, 1.54) is 0 Å². The topological polar surface area (TPSA) is 73.4 Å². The summed E-state index contributed by atoms with van der Waals surface area (Å²) in [5.41, 5.74) is 4.57. The molecule has 24 heavy (non-hydrogen) atoms. The number of carbonyl (C=O) groups excluding carboxylic acids is 1. The van der Waals surface area contributed by atoms with Crippen molar-refractivity contribution in [1.82, 2.24) is 15.3 Å². The largest absolute Gasteiger partial charge is 0.368 e. The fourth-order valence-electron chi connectivity index (χ4n) is 3.29. The van der Waals surface area contributed by atoms with Crippen LogP contribution in [0.2, 0.25) is 0 Å². The van der Waals surface area contributed by atoms with E-state index < -0.39 is 0 Å². The maximum atomic E-state index is 12.6. The van der Waals surface area contributed by atoms with Crippen molar-refractivity contribution in [3.63, 3.8) is 0 Å². The Bertz CT molecular complexity index is 1000. The second-order valence-electron chi connectivity index (χ2n) is 6.00. The molecule has 3 heterocycles. The molecule has 2 aromatic carbocycles. The first kappa shape index (κ1) is 13.3. The second-order valence-corrected chi connectivity index (χ2v) is 6.00. The Labute approximate surface area is 138 Å². The summed E-state index contributed by atoms with van der Waals surface area (Å²) in [5, 5.41) is 3.27. The van der Waals surface area contributed by atoms with Gasteiger partial charge in [0.25, 0.3) is 5.91 Å². The number of nitrogens with one attached hydrogen (secondary N) is 2. The third-order valence-electron chi connectivity index (χ3n) is 4.49. The molecule has 0 atom stereocenters. The maximum absolute atomic E-state index is 12.6. The minimum absolute atomic E-state index is 0.00767. The number of amides is 1. The van der Waals surface area contributed by atoms with Gasteiger partial charge in [-0.05, 0) is 29.8 Å². The average Bonchev–Trinajstić information content (AvgIpc) is 3.33. The van der Waals surface area contributed by atoms with Gasteiger partial charge in [0.1, 0.15) is 5.84 Å². The number of nitrogens with zero attached hydrogens (tertiary/aromatic N) is 3. The van der Waals surface area contributed by atoms with Crippen molar-refractivity contribution < 1.29 is 4.79 Å². The van der Waals surface area contributed by atoms with Crippen LogP contribution in [0.3, 0.4) is 0 Å². The number of benzene rings is 2. The highest BCUT2D eigenvalue weighted by molar-refractivity contribution is 6.09. The number of carbonyl (C=O) groups is 1. The van der Waals surface area contributed by atoms with E-state index in [0.717, 1.165) is 46.6 Å². The Morgan fingerprint density at radius 2 is 2.04 bits per heavy atom. The summed E-state index contributed by atoms with van der Waals surface area (Å²) in [6.45, 7) is 2.24. The molecule has 0 aliphatic carbocycles. The summed E-state index contributed by atoms with van der Waals surface area (Å²) in [4.78, 5) is 26.6. The molecule has 1 amide bonds. The molecule has 2 N–H and O–H groups in total. The normalized spacial score (nSPS) is 16.4. The standard InChI is InChI=1S/C18H15N5O/c24-17-13-4-2-1-3-12(13)10-23(17)18-21-14-6-5-11(9-15(14)22-18)16-19-7-8-20-16/h1-6,9H,7-8,10H2,(H,19,20)(H,21,22). The third kappa shape index (κ3) is 1.93. The number of hydrogen-bond donors (Lipinski definition) is 2. The molecule has 0 saturated heterocycles. The van der Waals surface area contributed by atoms with Gasteiger partial charge in [0.2, 0.25) is 5.95 Å². The van der Waals surface area contributed by atoms with E-state index in [1.54, 1.807) is 4.90 Å². The fraction of sp³-hybridized carbons (Fsp3) is 0.167. The van der Waals surface area contributed by atoms with Gasteiger partial charge in [-0.3, -0.25) is 14.7 Å². The van der Waals surface area contributed by atoms with Gasteiger partial charge in [0.15, 0.2) is 0 Å². The summed E-state index contributed by atoms with van der Waals surface area (Å²) < 4.78 is 0. The SMILES string of the molecule is O=C1c2ccccc2CN1c1nc2ccc(C3=NCCN3)cc2[nH]1. The molecule has 2 aliphatic heterocycles. The Morgan fingerprint density at radius 1 is 1.12 bits per heavy atom. The van der Waals surface area contributed by atoms with Gasteiger partial charge in [-0.1, -0.05) is 18.2 Å². The second kappa shape index (κ2) is 4.92. The molecule has 3 aromatic rings. The predicted octanol–water partition coefficient (Wildman–Crippen LogP) is 2.07. The van der Waals surface area contributed by atoms with Gasteiger partial charge in [-0.2, -0.15) is 0 Å². The highest BCUT2D eigenvalue weighted by Gasteiger charge is 2.30. The quantitative estimate of drug-likeness (QED) is 0.760. The Morgan fingerprint density at radius 3 is 2.88 bits per heavy atom. The van der Waals surface area contributed by atoms with Crippen molar-refractivity contribution in [2.75, 3.05) is 18.0 Å². The van der Waals surface area contributed by atoms with Crippen LogP contribution in [0.5, 0.6) is 0 Å². The van der Waals surface area contributed by atoms with Crippen molar-refractivity contribution >= 4 is 28.7 Å². The highest BCUT2D eigenvalue weighted by atomic mass is 16.2. The molecule has 6 heteroatoms. The molecule has 0 saturated carbocycles. The van der Waals surface area contributed by atoms with Crippen LogP contribution in [0, 0.1) is 0 Å². The van der Waals surface area contributed by atoms with Crippen LogP contribution in [-0.4, -0.2) is 34.8 Å². The zero-order valence-corrected chi connectivity index (χ0v) is 12.9. The van der Waals surface area contributed by atoms with Gasteiger partial charge in [0.05, 0.1) is 24.1 Å². The highest BCUT2D eigenvalue weighted by Crippen LogP contribution is 2.28. The Balaban J connectivity index is 1.53. The zero-order chi connectivity index (χ0) is 16.1. The maximum Gasteiger partial charge on any atom is 0.261 e. The molecular weight excluding hydrogens is 302 g/mol. The number of imidazole rings is 1. The number of hydrogen-bond acceptors (Lipinski definition) is 4. The lowest BCUT2D eigenvalue weighted by Gasteiger charge is -2.10. The van der Waals surface area contributed by atoms with Gasteiger partial charge in [-0.15, -0.1) is 0 Å². The zero-order valence-electron chi connectivity index (χ0n) is 12.9. The minimum Gasteiger partial charge on any atom is -0.368 e. The molecule has 118 valence electrons. The van der Waals surface area contributed by atoms with Crippen LogP contribution in [0.4, 0.5) is 5.95 Å². The molecule has 1 aromatic heterocycles. The first-order valence-corrected chi connectivity index (χ1v) is 7.98. The molecule has 0 fully saturated rings. The molecule has 5 rings (SSSR count). The van der Waals surface area contributed by atoms with E-state index in [1.807, 2.05) is 42.5 Å². The van der Waals surface area contributed by atoms with Crippen molar-refractivity contribution in [2.45, 2.75) is 6.54 Å². The number of amidine groups is 1. The summed E-state index contributed by atoms with van der Waals surface area (Å²) in [7, 11) is 0. The average molecular weight is 317 g/mol. The van der Waals surface area contributed by atoms with E-state index >= 15 is 0 Å². The van der Waals surface area contributed by atoms with Gasteiger partial charge in [0, 0.05) is 17.7 Å². The van der Waals surface area contributed by atoms with Crippen LogP contribution in [-0.2, 0) is 6.54 Å². The molecule has 0 bridgehead atoms. The molecule has 0 spiro atoms. The number of rotatable bonds is 2. The molecule has 2 aliphatic rings. The molecular formula is C18H15N5O. The minimum atomic E-state index is -0.00767. The number of H-pyrrole nitrogens is 1. The number of aromatic amines is 1. The number of fused-ring (bicyclic) bond motifs is 2. The van der Waals surface area contributed by atoms with E-state index in [4.69, 9.17) is 0 Å². The number of aromatic nitrogens is 2. The van der Waals surface area contributed by atoms with Crippen molar-refractivity contribution in [3.05, 3.63) is 59.2 Å². The Kier molecular flexibility index (Phi) is 2.73. The molecule has 6 nitrogen and oxygen atoms in total. The van der Waals surface area contributed by atoms with Crippen molar-refractivity contribution in [2.24, 2.45) is 4.99 Å². The van der Waals surface area contributed by atoms with E-state index in [2.05, 4.69) is 20.3 Å². The number of anilines is 1. The van der Waals surface area contributed by atoms with Crippen LogP contribution in [0.1, 0.15) is 21.5 Å². The first-order valence-electron chi connectivity index (χ1n) is 7.98. The number of aliphatic imine (C=N–C) groups is 1. The van der Waals surface area contributed by atoms with Gasteiger partial charge in [-0.25, -0.2) is 4.98 Å². The van der Waals surface area contributed by atoms with Gasteiger partial charge < -0.3 is 10.3 Å². The van der Waals surface area contributed by atoms with Crippen LogP contribution in [0.15, 0.2) is 47.5 Å². The first-order chi connectivity index (χ1) is 11.8. The van der Waals surface area contributed by atoms with Crippen LogP contribution in [0.25, 0.3) is 11.0 Å².